The Morgan fingerprint density at radius 3 is 2.75 bits per heavy atom. The largest absolute Gasteiger partial charge is 0.359 e. The molecular weight excluding hydrogens is 152 g/mol. The quantitative estimate of drug-likeness (QED) is 0.636. The van der Waals surface area contributed by atoms with Crippen LogP contribution in [0.3, 0.4) is 0 Å². The molecule has 0 saturated heterocycles. The molecule has 0 amide bonds. The molecule has 2 heterocycles. The first-order valence-electron chi connectivity index (χ1n) is 4.36. The van der Waals surface area contributed by atoms with Gasteiger partial charge in [0.05, 0.1) is 12.2 Å². The normalized spacial score (nSPS) is 17.3. The Hall–Kier alpha value is -0.830. The van der Waals surface area contributed by atoms with Crippen molar-refractivity contribution in [2.45, 2.75) is 39.9 Å². The van der Waals surface area contributed by atoms with E-state index in [1.165, 1.54) is 5.56 Å². The van der Waals surface area contributed by atoms with E-state index in [2.05, 4.69) is 23.9 Å². The predicted octanol–water partition coefficient (Wildman–Crippen LogP) is 1.71. The molecule has 66 valence electrons. The van der Waals surface area contributed by atoms with Gasteiger partial charge in [-0.05, 0) is 20.8 Å². The molecule has 1 aromatic rings. The van der Waals surface area contributed by atoms with Crippen LogP contribution in [0.2, 0.25) is 0 Å². The Morgan fingerprint density at radius 1 is 1.42 bits per heavy atom. The number of aromatic nitrogens is 1. The van der Waals surface area contributed by atoms with E-state index in [0.717, 1.165) is 24.5 Å². The molecule has 0 aliphatic carbocycles. The lowest BCUT2D eigenvalue weighted by molar-refractivity contribution is 0.206. The van der Waals surface area contributed by atoms with Crippen molar-refractivity contribution in [1.82, 2.24) is 10.1 Å². The van der Waals surface area contributed by atoms with Crippen molar-refractivity contribution >= 4 is 0 Å². The zero-order valence-electron chi connectivity index (χ0n) is 7.79. The summed E-state index contributed by atoms with van der Waals surface area (Å²) in [7, 11) is 0. The minimum atomic E-state index is 0.590. The third kappa shape index (κ3) is 1.05. The van der Waals surface area contributed by atoms with Gasteiger partial charge in [0, 0.05) is 18.2 Å². The van der Waals surface area contributed by atoms with Crippen molar-refractivity contribution in [3.05, 3.63) is 17.0 Å². The van der Waals surface area contributed by atoms with E-state index in [-0.39, 0.29) is 0 Å². The van der Waals surface area contributed by atoms with Crippen LogP contribution in [0, 0.1) is 6.92 Å². The highest BCUT2D eigenvalue weighted by Gasteiger charge is 2.26. The molecule has 0 N–H and O–H groups in total. The monoisotopic (exact) mass is 166 g/mol. The molecule has 0 fully saturated rings. The lowest BCUT2D eigenvalue weighted by Gasteiger charge is -2.18. The molecule has 0 bridgehead atoms. The lowest BCUT2D eigenvalue weighted by atomic mass is 10.2. The van der Waals surface area contributed by atoms with Crippen molar-refractivity contribution in [2.24, 2.45) is 0 Å². The highest BCUT2D eigenvalue weighted by molar-refractivity contribution is 5.25. The molecule has 0 aromatic carbocycles. The number of nitrogens with zero attached hydrogens (tertiary/aromatic N) is 2. The van der Waals surface area contributed by atoms with Gasteiger partial charge in [0.25, 0.3) is 0 Å². The van der Waals surface area contributed by atoms with Crippen LogP contribution < -0.4 is 0 Å². The smallest absolute Gasteiger partial charge is 0.155 e. The van der Waals surface area contributed by atoms with Gasteiger partial charge < -0.3 is 4.52 Å². The standard InChI is InChI=1S/C9H14N2O/c1-6(2)11-4-8-7(3)10-12-9(8)5-11/h6H,4-5H2,1-3H3. The van der Waals surface area contributed by atoms with E-state index < -0.39 is 0 Å². The Balaban J connectivity index is 2.22. The van der Waals surface area contributed by atoms with E-state index in [4.69, 9.17) is 4.52 Å². The van der Waals surface area contributed by atoms with E-state index in [9.17, 15) is 0 Å². The summed E-state index contributed by atoms with van der Waals surface area (Å²) in [5.41, 5.74) is 2.34. The highest BCUT2D eigenvalue weighted by Crippen LogP contribution is 2.26. The Bertz CT molecular complexity index is 291. The van der Waals surface area contributed by atoms with Crippen LogP contribution in [0.25, 0.3) is 0 Å². The fourth-order valence-corrected chi connectivity index (χ4v) is 1.57. The van der Waals surface area contributed by atoms with Gasteiger partial charge in [0.2, 0.25) is 0 Å². The topological polar surface area (TPSA) is 29.3 Å². The van der Waals surface area contributed by atoms with Crippen molar-refractivity contribution < 1.29 is 4.52 Å². The molecule has 1 aliphatic heterocycles. The van der Waals surface area contributed by atoms with Gasteiger partial charge in [-0.1, -0.05) is 5.16 Å². The fourth-order valence-electron chi connectivity index (χ4n) is 1.57. The van der Waals surface area contributed by atoms with Crippen LogP contribution in [0.15, 0.2) is 4.52 Å². The molecule has 2 rings (SSSR count). The summed E-state index contributed by atoms with van der Waals surface area (Å²) in [6.07, 6.45) is 0. The Labute approximate surface area is 72.3 Å². The molecule has 0 spiro atoms. The van der Waals surface area contributed by atoms with Gasteiger partial charge >= 0.3 is 0 Å². The first kappa shape index (κ1) is 7.80. The summed E-state index contributed by atoms with van der Waals surface area (Å²) < 4.78 is 5.20. The number of fused-ring (bicyclic) bond motifs is 1. The highest BCUT2D eigenvalue weighted by atomic mass is 16.5. The van der Waals surface area contributed by atoms with Gasteiger partial charge in [-0.3, -0.25) is 4.90 Å². The maximum absolute atomic E-state index is 5.20. The second-order valence-electron chi connectivity index (χ2n) is 3.67. The molecule has 1 aliphatic rings. The van der Waals surface area contributed by atoms with E-state index in [0.29, 0.717) is 6.04 Å². The Morgan fingerprint density at radius 2 is 2.17 bits per heavy atom. The molecular formula is C9H14N2O. The summed E-state index contributed by atoms with van der Waals surface area (Å²) in [4.78, 5) is 2.38. The van der Waals surface area contributed by atoms with Crippen molar-refractivity contribution in [3.8, 4) is 0 Å². The van der Waals surface area contributed by atoms with Crippen molar-refractivity contribution in [1.29, 1.82) is 0 Å². The average molecular weight is 166 g/mol. The SMILES string of the molecule is Cc1noc2c1CN(C(C)C)C2. The maximum atomic E-state index is 5.20. The second kappa shape index (κ2) is 2.59. The van der Waals surface area contributed by atoms with Gasteiger partial charge in [0.1, 0.15) is 0 Å². The van der Waals surface area contributed by atoms with Gasteiger partial charge in [-0.25, -0.2) is 0 Å². The Kier molecular flexibility index (Phi) is 1.68. The third-order valence-electron chi connectivity index (χ3n) is 2.50. The molecule has 0 atom stereocenters. The van der Waals surface area contributed by atoms with Crippen LogP contribution in [-0.4, -0.2) is 16.1 Å². The van der Waals surface area contributed by atoms with Gasteiger partial charge in [-0.15, -0.1) is 0 Å². The predicted molar refractivity (Wildman–Crippen MR) is 45.6 cm³/mol. The zero-order chi connectivity index (χ0) is 8.72. The first-order chi connectivity index (χ1) is 5.68. The summed E-state index contributed by atoms with van der Waals surface area (Å²) in [6.45, 7) is 8.34. The van der Waals surface area contributed by atoms with E-state index in [1.807, 2.05) is 6.92 Å². The number of rotatable bonds is 1. The molecule has 1 aromatic heterocycles. The van der Waals surface area contributed by atoms with Crippen molar-refractivity contribution in [3.63, 3.8) is 0 Å². The van der Waals surface area contributed by atoms with Crippen LogP contribution in [0.5, 0.6) is 0 Å². The third-order valence-corrected chi connectivity index (χ3v) is 2.50. The summed E-state index contributed by atoms with van der Waals surface area (Å²) in [6, 6.07) is 0.590. The lowest BCUT2D eigenvalue weighted by Crippen LogP contribution is -2.24. The minimum absolute atomic E-state index is 0.590. The average Bonchev–Trinajstić information content (AvgIpc) is 2.53. The second-order valence-corrected chi connectivity index (χ2v) is 3.67. The van der Waals surface area contributed by atoms with E-state index in [1.54, 1.807) is 0 Å². The molecule has 0 unspecified atom stereocenters. The number of hydrogen-bond acceptors (Lipinski definition) is 3. The molecule has 0 radical (unpaired) electrons. The van der Waals surface area contributed by atoms with Crippen LogP contribution in [0.4, 0.5) is 0 Å². The van der Waals surface area contributed by atoms with Crippen molar-refractivity contribution in [2.75, 3.05) is 0 Å². The fraction of sp³-hybridized carbons (Fsp3) is 0.667. The minimum Gasteiger partial charge on any atom is -0.359 e. The van der Waals surface area contributed by atoms with Gasteiger partial charge in [0.15, 0.2) is 5.76 Å². The summed E-state index contributed by atoms with van der Waals surface area (Å²) >= 11 is 0. The molecule has 0 saturated carbocycles. The summed E-state index contributed by atoms with van der Waals surface area (Å²) in [5, 5.41) is 3.93. The van der Waals surface area contributed by atoms with E-state index >= 15 is 0 Å². The molecule has 3 nitrogen and oxygen atoms in total. The summed E-state index contributed by atoms with van der Waals surface area (Å²) in [5.74, 6) is 1.06. The molecule has 3 heteroatoms. The van der Waals surface area contributed by atoms with Gasteiger partial charge in [-0.2, -0.15) is 0 Å². The van der Waals surface area contributed by atoms with Crippen LogP contribution >= 0.6 is 0 Å². The van der Waals surface area contributed by atoms with Crippen LogP contribution in [-0.2, 0) is 13.1 Å². The zero-order valence-corrected chi connectivity index (χ0v) is 7.79. The number of aryl methyl sites for hydroxylation is 1. The number of hydrogen-bond donors (Lipinski definition) is 0. The molecule has 12 heavy (non-hydrogen) atoms. The van der Waals surface area contributed by atoms with Crippen LogP contribution in [0.1, 0.15) is 30.9 Å². The maximum Gasteiger partial charge on any atom is 0.155 e. The first-order valence-corrected chi connectivity index (χ1v) is 4.36.